The van der Waals surface area contributed by atoms with Crippen LogP contribution >= 0.6 is 0 Å². The van der Waals surface area contributed by atoms with Crippen LogP contribution in [0.15, 0.2) is 42.5 Å². The van der Waals surface area contributed by atoms with Gasteiger partial charge in [-0.2, -0.15) is 4.68 Å². The molecule has 7 nitrogen and oxygen atoms in total. The van der Waals surface area contributed by atoms with Crippen LogP contribution in [0.3, 0.4) is 0 Å². The third-order valence-corrected chi connectivity index (χ3v) is 3.19. The normalized spacial score (nSPS) is 21.0. The molecule has 102 valence electrons. The fourth-order valence-electron chi connectivity index (χ4n) is 2.18. The standard InChI is InChI=1S/C13H13N5O2/c19-12(20)9-6-7-10(8-9)14-13-15-16-17-18(13)11-4-2-1-3-5-11/h1-7,9-10H,8H2,(H,19,20)(H,14,15,17). The lowest BCUT2D eigenvalue weighted by Gasteiger charge is -2.12. The van der Waals surface area contributed by atoms with E-state index in [1.54, 1.807) is 10.8 Å². The lowest BCUT2D eigenvalue weighted by molar-refractivity contribution is -0.140. The van der Waals surface area contributed by atoms with Crippen molar-refractivity contribution in [3.8, 4) is 5.69 Å². The highest BCUT2D eigenvalue weighted by molar-refractivity contribution is 5.73. The zero-order chi connectivity index (χ0) is 13.9. The minimum Gasteiger partial charge on any atom is -0.481 e. The highest BCUT2D eigenvalue weighted by atomic mass is 16.4. The summed E-state index contributed by atoms with van der Waals surface area (Å²) in [5, 5.41) is 23.6. The Morgan fingerprint density at radius 3 is 2.80 bits per heavy atom. The van der Waals surface area contributed by atoms with Gasteiger partial charge in [0.15, 0.2) is 0 Å². The van der Waals surface area contributed by atoms with Crippen molar-refractivity contribution >= 4 is 11.9 Å². The number of para-hydroxylation sites is 1. The van der Waals surface area contributed by atoms with Crippen LogP contribution in [0.5, 0.6) is 0 Å². The second kappa shape index (κ2) is 5.12. The number of hydrogen-bond acceptors (Lipinski definition) is 5. The highest BCUT2D eigenvalue weighted by Gasteiger charge is 2.25. The highest BCUT2D eigenvalue weighted by Crippen LogP contribution is 2.21. The van der Waals surface area contributed by atoms with Gasteiger partial charge in [0.1, 0.15) is 0 Å². The number of aromatic nitrogens is 4. The van der Waals surface area contributed by atoms with Crippen LogP contribution in [0, 0.1) is 5.92 Å². The molecule has 3 rings (SSSR count). The molecule has 0 spiro atoms. The Labute approximate surface area is 114 Å². The largest absolute Gasteiger partial charge is 0.481 e. The number of rotatable bonds is 4. The Hall–Kier alpha value is -2.70. The Kier molecular flexibility index (Phi) is 3.16. The predicted octanol–water partition coefficient (Wildman–Crippen LogP) is 1.10. The molecule has 2 atom stereocenters. The van der Waals surface area contributed by atoms with Gasteiger partial charge in [-0.3, -0.25) is 4.79 Å². The van der Waals surface area contributed by atoms with E-state index in [4.69, 9.17) is 5.11 Å². The lowest BCUT2D eigenvalue weighted by atomic mass is 10.1. The van der Waals surface area contributed by atoms with Gasteiger partial charge < -0.3 is 10.4 Å². The van der Waals surface area contributed by atoms with Crippen LogP contribution in [-0.2, 0) is 4.79 Å². The number of benzene rings is 1. The average molecular weight is 271 g/mol. The molecular formula is C13H13N5O2. The summed E-state index contributed by atoms with van der Waals surface area (Å²) < 4.78 is 1.59. The van der Waals surface area contributed by atoms with Crippen molar-refractivity contribution in [1.29, 1.82) is 0 Å². The zero-order valence-electron chi connectivity index (χ0n) is 10.5. The van der Waals surface area contributed by atoms with Crippen molar-refractivity contribution in [2.24, 2.45) is 5.92 Å². The molecular weight excluding hydrogens is 258 g/mol. The minimum absolute atomic E-state index is 0.0791. The number of aliphatic carboxylic acids is 1. The van der Waals surface area contributed by atoms with Gasteiger partial charge in [-0.15, -0.1) is 0 Å². The van der Waals surface area contributed by atoms with Crippen LogP contribution in [0.1, 0.15) is 6.42 Å². The number of nitrogens with one attached hydrogen (secondary N) is 1. The molecule has 0 radical (unpaired) electrons. The molecule has 20 heavy (non-hydrogen) atoms. The molecule has 1 aliphatic carbocycles. The van der Waals surface area contributed by atoms with E-state index in [-0.39, 0.29) is 6.04 Å². The van der Waals surface area contributed by atoms with Crippen LogP contribution in [0.25, 0.3) is 5.69 Å². The number of carboxylic acid groups (broad SMARTS) is 1. The molecule has 0 saturated heterocycles. The summed E-state index contributed by atoms with van der Waals surface area (Å²) in [6.07, 6.45) is 4.02. The molecule has 1 aromatic heterocycles. The van der Waals surface area contributed by atoms with Crippen molar-refractivity contribution in [2.45, 2.75) is 12.5 Å². The monoisotopic (exact) mass is 271 g/mol. The maximum Gasteiger partial charge on any atom is 0.310 e. The number of nitrogens with zero attached hydrogens (tertiary/aromatic N) is 4. The van der Waals surface area contributed by atoms with E-state index in [1.165, 1.54) is 0 Å². The predicted molar refractivity (Wildman–Crippen MR) is 71.4 cm³/mol. The maximum atomic E-state index is 10.9. The molecule has 2 unspecified atom stereocenters. The van der Waals surface area contributed by atoms with Crippen LogP contribution < -0.4 is 5.32 Å². The smallest absolute Gasteiger partial charge is 0.310 e. The number of anilines is 1. The molecule has 7 heteroatoms. The molecule has 0 fully saturated rings. The van der Waals surface area contributed by atoms with Crippen molar-refractivity contribution in [3.63, 3.8) is 0 Å². The van der Waals surface area contributed by atoms with E-state index in [2.05, 4.69) is 20.8 Å². The van der Waals surface area contributed by atoms with E-state index in [9.17, 15) is 4.79 Å². The van der Waals surface area contributed by atoms with Gasteiger partial charge in [0.05, 0.1) is 11.6 Å². The van der Waals surface area contributed by atoms with Gasteiger partial charge in [0.25, 0.3) is 0 Å². The Bertz CT molecular complexity index is 637. The first-order valence-electron chi connectivity index (χ1n) is 6.25. The van der Waals surface area contributed by atoms with Gasteiger partial charge >= 0.3 is 5.97 Å². The molecule has 0 amide bonds. The van der Waals surface area contributed by atoms with E-state index in [1.807, 2.05) is 36.4 Å². The minimum atomic E-state index is -0.812. The molecule has 0 bridgehead atoms. The van der Waals surface area contributed by atoms with Gasteiger partial charge in [-0.25, -0.2) is 0 Å². The Morgan fingerprint density at radius 1 is 1.30 bits per heavy atom. The fraction of sp³-hybridized carbons (Fsp3) is 0.231. The van der Waals surface area contributed by atoms with Crippen LogP contribution in [-0.4, -0.2) is 37.3 Å². The third kappa shape index (κ3) is 2.37. The molecule has 0 aliphatic heterocycles. The molecule has 2 aromatic rings. The Morgan fingerprint density at radius 2 is 2.10 bits per heavy atom. The van der Waals surface area contributed by atoms with Gasteiger partial charge in [0, 0.05) is 6.04 Å². The first-order chi connectivity index (χ1) is 9.74. The number of tetrazole rings is 1. The zero-order valence-corrected chi connectivity index (χ0v) is 10.5. The van der Waals surface area contributed by atoms with Gasteiger partial charge in [-0.1, -0.05) is 35.4 Å². The molecule has 1 heterocycles. The Balaban J connectivity index is 1.76. The van der Waals surface area contributed by atoms with Crippen molar-refractivity contribution in [3.05, 3.63) is 42.5 Å². The molecule has 1 aromatic carbocycles. The van der Waals surface area contributed by atoms with Crippen molar-refractivity contribution in [2.75, 3.05) is 5.32 Å². The average Bonchev–Trinajstić information content (AvgIpc) is 3.09. The van der Waals surface area contributed by atoms with Crippen molar-refractivity contribution < 1.29 is 9.90 Å². The summed E-state index contributed by atoms with van der Waals surface area (Å²) in [6, 6.07) is 9.42. The second-order valence-electron chi connectivity index (χ2n) is 4.57. The molecule has 2 N–H and O–H groups in total. The molecule has 0 saturated carbocycles. The summed E-state index contributed by atoms with van der Waals surface area (Å²) in [5.41, 5.74) is 0.844. The topological polar surface area (TPSA) is 92.9 Å². The summed E-state index contributed by atoms with van der Waals surface area (Å²) in [6.45, 7) is 0. The summed E-state index contributed by atoms with van der Waals surface area (Å²) in [4.78, 5) is 10.9. The van der Waals surface area contributed by atoms with Crippen LogP contribution in [0.2, 0.25) is 0 Å². The second-order valence-corrected chi connectivity index (χ2v) is 4.57. The third-order valence-electron chi connectivity index (χ3n) is 3.19. The molecule has 1 aliphatic rings. The number of hydrogen-bond donors (Lipinski definition) is 2. The van der Waals surface area contributed by atoms with E-state index in [0.717, 1.165) is 5.69 Å². The van der Waals surface area contributed by atoms with E-state index in [0.29, 0.717) is 12.4 Å². The maximum absolute atomic E-state index is 10.9. The van der Waals surface area contributed by atoms with Gasteiger partial charge in [-0.05, 0) is 29.0 Å². The number of carbonyl (C=O) groups is 1. The van der Waals surface area contributed by atoms with E-state index < -0.39 is 11.9 Å². The SMILES string of the molecule is O=C(O)C1C=CC(Nc2nnnn2-c2ccccc2)C1. The van der Waals surface area contributed by atoms with Gasteiger partial charge in [0.2, 0.25) is 5.95 Å². The summed E-state index contributed by atoms with van der Waals surface area (Å²) in [5.74, 6) is -0.765. The lowest BCUT2D eigenvalue weighted by Crippen LogP contribution is -2.21. The summed E-state index contributed by atoms with van der Waals surface area (Å²) in [7, 11) is 0. The first-order valence-corrected chi connectivity index (χ1v) is 6.25. The summed E-state index contributed by atoms with van der Waals surface area (Å²) >= 11 is 0. The quantitative estimate of drug-likeness (QED) is 0.809. The number of carboxylic acids is 1. The van der Waals surface area contributed by atoms with E-state index >= 15 is 0 Å². The van der Waals surface area contributed by atoms with Crippen LogP contribution in [0.4, 0.5) is 5.95 Å². The first kappa shape index (κ1) is 12.3. The van der Waals surface area contributed by atoms with Crippen molar-refractivity contribution in [1.82, 2.24) is 20.2 Å². The fourth-order valence-corrected chi connectivity index (χ4v) is 2.18.